The third-order valence-electron chi connectivity index (χ3n) is 8.81. The topological polar surface area (TPSA) is 48.0 Å². The summed E-state index contributed by atoms with van der Waals surface area (Å²) in [6, 6.07) is 35.1. The highest BCUT2D eigenvalue weighted by molar-refractivity contribution is 6.16. The molecule has 0 N–H and O–H groups in total. The van der Waals surface area contributed by atoms with E-state index in [2.05, 4.69) is 98.9 Å². The van der Waals surface area contributed by atoms with Gasteiger partial charge < -0.3 is 4.57 Å². The van der Waals surface area contributed by atoms with Crippen molar-refractivity contribution in [3.63, 3.8) is 0 Å². The summed E-state index contributed by atoms with van der Waals surface area (Å²) in [5.41, 5.74) is 12.7. The van der Waals surface area contributed by atoms with E-state index in [1.807, 2.05) is 24.5 Å². The van der Waals surface area contributed by atoms with Gasteiger partial charge in [-0.3, -0.25) is 9.38 Å². The van der Waals surface area contributed by atoms with Gasteiger partial charge in [-0.15, -0.1) is 0 Å². The molecule has 5 aromatic heterocycles. The summed E-state index contributed by atoms with van der Waals surface area (Å²) in [7, 11) is 0. The molecule has 10 rings (SSSR count). The Hall–Kier alpha value is -5.55. The van der Waals surface area contributed by atoms with Crippen LogP contribution < -0.4 is 0 Å². The van der Waals surface area contributed by atoms with Crippen molar-refractivity contribution in [1.29, 1.82) is 0 Å². The lowest BCUT2D eigenvalue weighted by Crippen LogP contribution is -1.95. The zero-order valence-electron chi connectivity index (χ0n) is 21.9. The third kappa shape index (κ3) is 2.72. The van der Waals surface area contributed by atoms with E-state index in [-0.39, 0.29) is 0 Å². The van der Waals surface area contributed by atoms with Crippen molar-refractivity contribution in [1.82, 2.24) is 23.9 Å². The molecular formula is C36H21N5. The van der Waals surface area contributed by atoms with Gasteiger partial charge in [0.25, 0.3) is 0 Å². The first kappa shape index (κ1) is 21.3. The molecule has 0 bridgehead atoms. The predicted octanol–water partition coefficient (Wildman–Crippen LogP) is 8.25. The molecule has 0 spiro atoms. The summed E-state index contributed by atoms with van der Waals surface area (Å²) in [6.07, 6.45) is 6.44. The maximum absolute atomic E-state index is 5.06. The van der Waals surface area contributed by atoms with E-state index < -0.39 is 0 Å². The van der Waals surface area contributed by atoms with Crippen LogP contribution in [0.25, 0.3) is 77.1 Å². The first-order chi connectivity index (χ1) is 20.3. The summed E-state index contributed by atoms with van der Waals surface area (Å²) in [5.74, 6) is 0. The number of imidazole rings is 1. The first-order valence-corrected chi connectivity index (χ1v) is 13.9. The van der Waals surface area contributed by atoms with Crippen LogP contribution in [-0.4, -0.2) is 23.9 Å². The van der Waals surface area contributed by atoms with E-state index in [0.717, 1.165) is 39.5 Å². The molecule has 0 aliphatic heterocycles. The molecule has 1 aliphatic carbocycles. The van der Waals surface area contributed by atoms with E-state index >= 15 is 0 Å². The van der Waals surface area contributed by atoms with Crippen molar-refractivity contribution < 1.29 is 0 Å². The number of pyridine rings is 3. The molecule has 0 fully saturated rings. The zero-order valence-corrected chi connectivity index (χ0v) is 21.9. The highest BCUT2D eigenvalue weighted by Crippen LogP contribution is 2.45. The van der Waals surface area contributed by atoms with Gasteiger partial charge in [-0.05, 0) is 94.7 Å². The zero-order chi connectivity index (χ0) is 26.7. The van der Waals surface area contributed by atoms with Crippen LogP contribution in [0.3, 0.4) is 0 Å². The van der Waals surface area contributed by atoms with Gasteiger partial charge in [-0.1, -0.05) is 36.4 Å². The van der Waals surface area contributed by atoms with E-state index in [1.165, 1.54) is 55.1 Å². The minimum absolute atomic E-state index is 0.895. The maximum Gasteiger partial charge on any atom is 0.147 e. The minimum atomic E-state index is 0.895. The molecule has 0 saturated heterocycles. The second-order valence-corrected chi connectivity index (χ2v) is 11.0. The lowest BCUT2D eigenvalue weighted by atomic mass is 9.98. The van der Waals surface area contributed by atoms with Crippen molar-refractivity contribution in [2.45, 2.75) is 6.42 Å². The Morgan fingerprint density at radius 2 is 1.37 bits per heavy atom. The molecule has 4 aromatic carbocycles. The number of aromatic nitrogens is 5. The van der Waals surface area contributed by atoms with Crippen LogP contribution >= 0.6 is 0 Å². The molecule has 5 heterocycles. The van der Waals surface area contributed by atoms with Crippen LogP contribution in [-0.2, 0) is 6.42 Å². The maximum atomic E-state index is 5.06. The minimum Gasteiger partial charge on any atom is -0.309 e. The number of benzene rings is 4. The summed E-state index contributed by atoms with van der Waals surface area (Å²) < 4.78 is 4.56. The number of para-hydroxylation sites is 2. The van der Waals surface area contributed by atoms with Crippen LogP contribution in [0.5, 0.6) is 0 Å². The lowest BCUT2D eigenvalue weighted by Gasteiger charge is -2.11. The molecule has 5 nitrogen and oxygen atoms in total. The van der Waals surface area contributed by atoms with Gasteiger partial charge in [0.2, 0.25) is 0 Å². The summed E-state index contributed by atoms with van der Waals surface area (Å²) in [4.78, 5) is 14.3. The van der Waals surface area contributed by atoms with Gasteiger partial charge >= 0.3 is 0 Å². The number of nitrogens with zero attached hydrogens (tertiary/aromatic N) is 5. The van der Waals surface area contributed by atoms with Crippen LogP contribution in [0.4, 0.5) is 0 Å². The van der Waals surface area contributed by atoms with Gasteiger partial charge in [0, 0.05) is 39.6 Å². The molecule has 0 unspecified atom stereocenters. The molecule has 9 aromatic rings. The van der Waals surface area contributed by atoms with E-state index in [1.54, 1.807) is 6.20 Å². The van der Waals surface area contributed by atoms with E-state index in [9.17, 15) is 0 Å². The van der Waals surface area contributed by atoms with Crippen LogP contribution in [0.15, 0.2) is 116 Å². The molecule has 0 saturated carbocycles. The normalized spacial score (nSPS) is 12.8. The van der Waals surface area contributed by atoms with E-state index in [4.69, 9.17) is 9.97 Å². The second-order valence-electron chi connectivity index (χ2n) is 11.0. The van der Waals surface area contributed by atoms with Gasteiger partial charge in [0.1, 0.15) is 11.3 Å². The van der Waals surface area contributed by atoms with Crippen molar-refractivity contribution in [3.8, 4) is 16.8 Å². The van der Waals surface area contributed by atoms with Crippen LogP contribution in [0.2, 0.25) is 0 Å². The number of fused-ring (bicyclic) bond motifs is 14. The van der Waals surface area contributed by atoms with Gasteiger partial charge in [-0.2, -0.15) is 0 Å². The molecule has 1 aliphatic rings. The number of hydrogen-bond donors (Lipinski definition) is 0. The average Bonchev–Trinajstić information content (AvgIpc) is 3.69. The second kappa shape index (κ2) is 7.55. The molecule has 5 heteroatoms. The van der Waals surface area contributed by atoms with Crippen LogP contribution in [0, 0.1) is 0 Å². The SMILES string of the molecule is c1ccc(-n2c3ccccc3c3cc4c(cc32)Cc2cc3c(cc2-4)c2cccnc2n2c4cnccc4nc32)cc1. The van der Waals surface area contributed by atoms with Crippen molar-refractivity contribution in [2.75, 3.05) is 0 Å². The first-order valence-electron chi connectivity index (χ1n) is 13.9. The Kier molecular flexibility index (Phi) is 3.92. The lowest BCUT2D eigenvalue weighted by molar-refractivity contribution is 1.17. The Balaban J connectivity index is 1.30. The quantitative estimate of drug-likeness (QED) is 0.204. The summed E-state index contributed by atoms with van der Waals surface area (Å²) >= 11 is 0. The smallest absolute Gasteiger partial charge is 0.147 e. The monoisotopic (exact) mass is 523 g/mol. The van der Waals surface area contributed by atoms with Crippen molar-refractivity contribution >= 4 is 60.3 Å². The van der Waals surface area contributed by atoms with Gasteiger partial charge in [0.15, 0.2) is 0 Å². The third-order valence-corrected chi connectivity index (χ3v) is 8.81. The van der Waals surface area contributed by atoms with Crippen molar-refractivity contribution in [3.05, 3.63) is 127 Å². The standard InChI is InChI=1S/C36H21N5/c1-2-7-23(8-3-1)40-32-11-5-4-9-24(32)29-19-27-22(17-33(29)40)15-21-16-30-28(18-26(21)27)25-10-6-13-38-35(25)41-34-20-37-14-12-31(34)39-36(30)41/h1-14,16-20H,15H2. The highest BCUT2D eigenvalue weighted by Gasteiger charge is 2.25. The highest BCUT2D eigenvalue weighted by atomic mass is 15.1. The van der Waals surface area contributed by atoms with Gasteiger partial charge in [-0.25, -0.2) is 9.97 Å². The summed E-state index contributed by atoms with van der Waals surface area (Å²) in [6.45, 7) is 0. The Morgan fingerprint density at radius 3 is 2.29 bits per heavy atom. The molecule has 0 amide bonds. The largest absolute Gasteiger partial charge is 0.309 e. The Morgan fingerprint density at radius 1 is 0.561 bits per heavy atom. The molecular weight excluding hydrogens is 502 g/mol. The summed E-state index contributed by atoms with van der Waals surface area (Å²) in [5, 5.41) is 6.01. The number of rotatable bonds is 1. The van der Waals surface area contributed by atoms with E-state index in [0.29, 0.717) is 0 Å². The van der Waals surface area contributed by atoms with Crippen molar-refractivity contribution in [2.24, 2.45) is 0 Å². The molecule has 0 atom stereocenters. The fourth-order valence-electron chi connectivity index (χ4n) is 7.07. The van der Waals surface area contributed by atoms with Gasteiger partial charge in [0.05, 0.1) is 28.3 Å². The number of hydrogen-bond acceptors (Lipinski definition) is 3. The fraction of sp³-hybridized carbons (Fsp3) is 0.0278. The molecule has 41 heavy (non-hydrogen) atoms. The fourth-order valence-corrected chi connectivity index (χ4v) is 7.07. The molecule has 0 radical (unpaired) electrons. The Labute approximate surface area is 234 Å². The molecule has 190 valence electrons. The average molecular weight is 524 g/mol. The van der Waals surface area contributed by atoms with Crippen LogP contribution in [0.1, 0.15) is 11.1 Å². The predicted molar refractivity (Wildman–Crippen MR) is 166 cm³/mol. The Bertz CT molecular complexity index is 2550.